The maximum atomic E-state index is 3.30. The molecule has 0 nitrogen and oxygen atoms in total. The largest absolute Gasteiger partial charge is 1.00 e. The average Bonchev–Trinajstić information content (AvgIpc) is 3.34. The summed E-state index contributed by atoms with van der Waals surface area (Å²) in [6.45, 7) is 4.59. The molecular formula is C24H28Cl2SiZr-2. The quantitative estimate of drug-likeness (QED) is 0.284. The molecule has 0 saturated heterocycles. The van der Waals surface area contributed by atoms with E-state index >= 15 is 0 Å². The van der Waals surface area contributed by atoms with Crippen LogP contribution in [0.3, 0.4) is 0 Å². The van der Waals surface area contributed by atoms with Crippen molar-refractivity contribution in [2.45, 2.75) is 45.2 Å². The molecule has 148 valence electrons. The van der Waals surface area contributed by atoms with Gasteiger partial charge in [0.25, 0.3) is 0 Å². The van der Waals surface area contributed by atoms with Gasteiger partial charge in [-0.3, -0.25) is 0 Å². The van der Waals surface area contributed by atoms with Crippen molar-refractivity contribution < 1.29 is 48.1 Å². The Labute approximate surface area is 198 Å². The number of hydrogen-bond donors (Lipinski definition) is 0. The van der Waals surface area contributed by atoms with Gasteiger partial charge in [-0.05, 0) is 6.42 Å². The van der Waals surface area contributed by atoms with Crippen LogP contribution in [0.25, 0.3) is 11.1 Å². The van der Waals surface area contributed by atoms with E-state index in [9.17, 15) is 0 Å². The molecule has 4 heteroatoms. The summed E-state index contributed by atoms with van der Waals surface area (Å²) in [5.74, 6) is 0. The van der Waals surface area contributed by atoms with Crippen LogP contribution in [0.2, 0.25) is 12.1 Å². The van der Waals surface area contributed by atoms with Crippen molar-refractivity contribution in [1.29, 1.82) is 0 Å². The third-order valence-corrected chi connectivity index (χ3v) is 10.2. The molecular weight excluding hydrogens is 478 g/mol. The zero-order chi connectivity index (χ0) is 18.6. The summed E-state index contributed by atoms with van der Waals surface area (Å²) >= 11 is 1.84. The minimum atomic E-state index is 0. The Kier molecular flexibility index (Phi) is 16.0. The van der Waals surface area contributed by atoms with Gasteiger partial charge in [-0.15, -0.1) is 5.56 Å². The minimum Gasteiger partial charge on any atom is -1.00 e. The van der Waals surface area contributed by atoms with Crippen molar-refractivity contribution in [3.05, 3.63) is 90.0 Å². The molecule has 1 aliphatic carbocycles. The van der Waals surface area contributed by atoms with Crippen LogP contribution in [-0.4, -0.2) is 5.43 Å². The van der Waals surface area contributed by atoms with Crippen molar-refractivity contribution in [2.24, 2.45) is 0 Å². The molecule has 0 aliphatic heterocycles. The maximum absolute atomic E-state index is 3.30. The first-order valence-electron chi connectivity index (χ1n) is 9.57. The van der Waals surface area contributed by atoms with Gasteiger partial charge in [-0.25, -0.2) is 12.1 Å². The molecule has 0 radical (unpaired) electrons. The Balaban J connectivity index is 0.000000423. The van der Waals surface area contributed by atoms with Gasteiger partial charge in [0, 0.05) is 0 Å². The van der Waals surface area contributed by atoms with Crippen LogP contribution in [0.4, 0.5) is 0 Å². The van der Waals surface area contributed by atoms with Crippen LogP contribution in [0.1, 0.15) is 37.8 Å². The van der Waals surface area contributed by atoms with E-state index in [1.54, 1.807) is 12.1 Å². The van der Waals surface area contributed by atoms with Gasteiger partial charge < -0.3 is 24.8 Å². The van der Waals surface area contributed by atoms with Crippen LogP contribution in [0.15, 0.2) is 72.8 Å². The first-order valence-corrected chi connectivity index (χ1v) is 15.2. The maximum Gasteiger partial charge on any atom is -0.0253 e. The molecule has 0 spiro atoms. The van der Waals surface area contributed by atoms with Gasteiger partial charge in [0.05, 0.1) is 0 Å². The van der Waals surface area contributed by atoms with E-state index in [1.165, 1.54) is 35.1 Å². The molecule has 0 unspecified atom stereocenters. The van der Waals surface area contributed by atoms with E-state index in [-0.39, 0.29) is 30.2 Å². The fourth-order valence-electron chi connectivity index (χ4n) is 3.05. The molecule has 0 saturated carbocycles. The third-order valence-electron chi connectivity index (χ3n) is 4.28. The van der Waals surface area contributed by atoms with Crippen LogP contribution in [-0.2, 0) is 29.8 Å². The van der Waals surface area contributed by atoms with Crippen molar-refractivity contribution in [3.63, 3.8) is 0 Å². The summed E-state index contributed by atoms with van der Waals surface area (Å²) < 4.78 is 0. The fourth-order valence-corrected chi connectivity index (χ4v) is 8.19. The SMILES string of the molecule is CCC[Si](=[Zr+2])CCC.[Cl-].[Cl-].[c-]1cccc2c1Cc1ccccc1-2.c1cc[cH-]c1. The smallest absolute Gasteiger partial charge is 0.0253 e. The second-order valence-corrected chi connectivity index (χ2v) is 13.9. The Morgan fingerprint density at radius 3 is 2.07 bits per heavy atom. The van der Waals surface area contributed by atoms with E-state index in [0.717, 1.165) is 6.42 Å². The van der Waals surface area contributed by atoms with E-state index in [2.05, 4.69) is 56.3 Å². The summed E-state index contributed by atoms with van der Waals surface area (Å²) in [6, 6.07) is 31.2. The number of rotatable bonds is 4. The number of fused-ring (bicyclic) bond motifs is 3. The van der Waals surface area contributed by atoms with Crippen molar-refractivity contribution >= 4 is 5.43 Å². The molecule has 0 heterocycles. The molecule has 0 bridgehead atoms. The summed E-state index contributed by atoms with van der Waals surface area (Å²) in [7, 11) is 0. The first-order chi connectivity index (χ1) is 12.8. The van der Waals surface area contributed by atoms with Gasteiger partial charge >= 0.3 is 67.5 Å². The standard InChI is InChI=1S/C13H9.C6H14Si.C5H5.2ClH.Zr/c1-3-7-12-10(5-1)9-11-6-2-4-8-13(11)12;1-3-5-7-6-4-2;1-2-4-5-3-1;;;/h1-5,7-8H,9H2;3-6H2,1-2H3;1-5H;2*1H;/q-1;;-1;;;+2/p-2. The molecule has 28 heavy (non-hydrogen) atoms. The first kappa shape index (κ1) is 27.5. The summed E-state index contributed by atoms with van der Waals surface area (Å²) in [5.41, 5.74) is 5.71. The molecule has 0 N–H and O–H groups in total. The summed E-state index contributed by atoms with van der Waals surface area (Å²) in [4.78, 5) is 0. The predicted molar refractivity (Wildman–Crippen MR) is 112 cm³/mol. The summed E-state index contributed by atoms with van der Waals surface area (Å²) in [5, 5.41) is 0. The molecule has 4 rings (SSSR count). The second kappa shape index (κ2) is 16.3. The zero-order valence-electron chi connectivity index (χ0n) is 16.7. The van der Waals surface area contributed by atoms with Gasteiger partial charge in [-0.2, -0.15) is 48.0 Å². The van der Waals surface area contributed by atoms with Crippen LogP contribution >= 0.6 is 0 Å². The Morgan fingerprint density at radius 1 is 0.893 bits per heavy atom. The van der Waals surface area contributed by atoms with Gasteiger partial charge in [0.2, 0.25) is 0 Å². The van der Waals surface area contributed by atoms with Crippen LogP contribution in [0, 0.1) is 6.07 Å². The molecule has 1 aliphatic rings. The minimum absolute atomic E-state index is 0. The van der Waals surface area contributed by atoms with Gasteiger partial charge in [-0.1, -0.05) is 35.4 Å². The molecule has 3 aromatic carbocycles. The Morgan fingerprint density at radius 2 is 1.50 bits per heavy atom. The summed E-state index contributed by atoms with van der Waals surface area (Å²) in [6.07, 6.45) is 3.88. The predicted octanol–water partition coefficient (Wildman–Crippen LogP) is 0.816. The van der Waals surface area contributed by atoms with E-state index < -0.39 is 0 Å². The Hall–Kier alpha value is -0.530. The zero-order valence-corrected chi connectivity index (χ0v) is 21.7. The third kappa shape index (κ3) is 9.31. The molecule has 0 atom stereocenters. The second-order valence-electron chi connectivity index (χ2n) is 6.46. The van der Waals surface area contributed by atoms with Crippen LogP contribution < -0.4 is 24.8 Å². The molecule has 3 aromatic rings. The molecule has 0 aromatic heterocycles. The fraction of sp³-hybridized carbons (Fsp3) is 0.292. The van der Waals surface area contributed by atoms with Crippen molar-refractivity contribution in [3.8, 4) is 11.1 Å². The van der Waals surface area contributed by atoms with E-state index in [1.807, 2.05) is 59.7 Å². The van der Waals surface area contributed by atoms with Crippen molar-refractivity contribution in [2.75, 3.05) is 0 Å². The van der Waals surface area contributed by atoms with E-state index in [0.29, 0.717) is 0 Å². The topological polar surface area (TPSA) is 0 Å². The average molecular weight is 507 g/mol. The van der Waals surface area contributed by atoms with Crippen LogP contribution in [0.5, 0.6) is 0 Å². The molecule has 0 fully saturated rings. The van der Waals surface area contributed by atoms with Gasteiger partial charge in [0.1, 0.15) is 0 Å². The van der Waals surface area contributed by atoms with E-state index in [4.69, 9.17) is 0 Å². The molecule has 0 amide bonds. The number of halogens is 2. The van der Waals surface area contributed by atoms with Crippen molar-refractivity contribution in [1.82, 2.24) is 0 Å². The number of hydrogen-bond acceptors (Lipinski definition) is 0. The monoisotopic (exact) mass is 504 g/mol. The Bertz CT molecular complexity index is 716. The normalized spacial score (nSPS) is 9.86. The number of benzene rings is 2. The van der Waals surface area contributed by atoms with Gasteiger partial charge in [0.15, 0.2) is 0 Å².